The lowest BCUT2D eigenvalue weighted by molar-refractivity contribution is 0.355. The molecule has 0 aliphatic heterocycles. The predicted molar refractivity (Wildman–Crippen MR) is 104 cm³/mol. The summed E-state index contributed by atoms with van der Waals surface area (Å²) in [4.78, 5) is 4.93. The van der Waals surface area contributed by atoms with Crippen LogP contribution in [0.4, 0.5) is 0 Å². The minimum absolute atomic E-state index is 0.757. The zero-order valence-corrected chi connectivity index (χ0v) is 15.9. The van der Waals surface area contributed by atoms with Gasteiger partial charge in [0.2, 0.25) is 0 Å². The summed E-state index contributed by atoms with van der Waals surface area (Å²) in [6, 6.07) is 10.7. The molecule has 3 rings (SSSR count). The Morgan fingerprint density at radius 1 is 0.840 bits per heavy atom. The van der Waals surface area contributed by atoms with Gasteiger partial charge in [-0.3, -0.25) is 0 Å². The van der Waals surface area contributed by atoms with Crippen LogP contribution in [0.1, 0.15) is 29.2 Å². The summed E-state index contributed by atoms with van der Waals surface area (Å²) < 4.78 is 11.2. The van der Waals surface area contributed by atoms with Crippen LogP contribution in [-0.4, -0.2) is 19.2 Å². The third-order valence-corrected chi connectivity index (χ3v) is 4.88. The highest BCUT2D eigenvalue weighted by Gasteiger charge is 2.16. The molecule has 3 heteroatoms. The Morgan fingerprint density at radius 2 is 1.52 bits per heavy atom. The second-order valence-corrected chi connectivity index (χ2v) is 6.47. The smallest absolute Gasteiger partial charge is 0.170 e. The van der Waals surface area contributed by atoms with Gasteiger partial charge >= 0.3 is 0 Å². The van der Waals surface area contributed by atoms with Gasteiger partial charge in [0.15, 0.2) is 11.5 Å². The number of aromatic nitrogens is 1. The maximum absolute atomic E-state index is 5.63. The van der Waals surface area contributed by atoms with Gasteiger partial charge in [-0.05, 0) is 73.7 Å². The van der Waals surface area contributed by atoms with Crippen molar-refractivity contribution in [2.24, 2.45) is 0 Å². The standard InChI is InChI=1S/C22H25NO2/c1-7-16-12-20-17(22(25-6)21(16)24-5)8-9-19(23-20)18-11-14(3)13(2)10-15(18)4/h8-12H,7H2,1-6H3. The molecule has 2 aromatic carbocycles. The number of hydrogen-bond acceptors (Lipinski definition) is 3. The Morgan fingerprint density at radius 3 is 2.16 bits per heavy atom. The van der Waals surface area contributed by atoms with E-state index in [0.29, 0.717) is 0 Å². The predicted octanol–water partition coefficient (Wildman–Crippen LogP) is 5.41. The maximum atomic E-state index is 5.63. The molecular formula is C22H25NO2. The van der Waals surface area contributed by atoms with Crippen LogP contribution >= 0.6 is 0 Å². The van der Waals surface area contributed by atoms with E-state index in [-0.39, 0.29) is 0 Å². The van der Waals surface area contributed by atoms with Crippen LogP contribution in [0.15, 0.2) is 30.3 Å². The average Bonchev–Trinajstić information content (AvgIpc) is 2.62. The van der Waals surface area contributed by atoms with Crippen LogP contribution in [-0.2, 0) is 6.42 Å². The van der Waals surface area contributed by atoms with Gasteiger partial charge in [-0.25, -0.2) is 4.98 Å². The summed E-state index contributed by atoms with van der Waals surface area (Å²) in [7, 11) is 3.36. The number of rotatable bonds is 4. The van der Waals surface area contributed by atoms with Crippen molar-refractivity contribution in [1.29, 1.82) is 0 Å². The average molecular weight is 335 g/mol. The highest BCUT2D eigenvalue weighted by molar-refractivity contribution is 5.91. The maximum Gasteiger partial charge on any atom is 0.170 e. The fraction of sp³-hybridized carbons (Fsp3) is 0.318. The first-order valence-electron chi connectivity index (χ1n) is 8.63. The van der Waals surface area contributed by atoms with Gasteiger partial charge in [0.25, 0.3) is 0 Å². The van der Waals surface area contributed by atoms with Crippen molar-refractivity contribution in [3.63, 3.8) is 0 Å². The summed E-state index contributed by atoms with van der Waals surface area (Å²) >= 11 is 0. The Balaban J connectivity index is 2.26. The van der Waals surface area contributed by atoms with E-state index in [1.165, 1.54) is 22.3 Å². The van der Waals surface area contributed by atoms with Crippen molar-refractivity contribution in [2.75, 3.05) is 14.2 Å². The minimum atomic E-state index is 0.757. The first-order valence-corrected chi connectivity index (χ1v) is 8.63. The van der Waals surface area contributed by atoms with E-state index >= 15 is 0 Å². The molecule has 0 unspecified atom stereocenters. The lowest BCUT2D eigenvalue weighted by atomic mass is 9.97. The van der Waals surface area contributed by atoms with Crippen molar-refractivity contribution in [3.05, 3.63) is 52.6 Å². The van der Waals surface area contributed by atoms with Crippen LogP contribution in [0.2, 0.25) is 0 Å². The Labute approximate surface area is 149 Å². The van der Waals surface area contributed by atoms with Gasteiger partial charge in [-0.1, -0.05) is 13.0 Å². The number of methoxy groups -OCH3 is 2. The molecule has 0 fully saturated rings. The second-order valence-electron chi connectivity index (χ2n) is 6.47. The monoisotopic (exact) mass is 335 g/mol. The van der Waals surface area contributed by atoms with Crippen molar-refractivity contribution in [2.45, 2.75) is 34.1 Å². The molecule has 0 atom stereocenters. The van der Waals surface area contributed by atoms with E-state index in [0.717, 1.165) is 40.1 Å². The zero-order chi connectivity index (χ0) is 18.1. The first kappa shape index (κ1) is 17.3. The minimum Gasteiger partial charge on any atom is -0.493 e. The molecule has 25 heavy (non-hydrogen) atoms. The van der Waals surface area contributed by atoms with Gasteiger partial charge in [0.05, 0.1) is 25.4 Å². The molecule has 0 spiro atoms. The Hall–Kier alpha value is -2.55. The van der Waals surface area contributed by atoms with Gasteiger partial charge in [0, 0.05) is 10.9 Å². The fourth-order valence-corrected chi connectivity index (χ4v) is 3.35. The molecule has 0 saturated heterocycles. The molecule has 3 nitrogen and oxygen atoms in total. The summed E-state index contributed by atoms with van der Waals surface area (Å²) in [6.45, 7) is 8.53. The largest absolute Gasteiger partial charge is 0.493 e. The van der Waals surface area contributed by atoms with E-state index in [1.807, 2.05) is 0 Å². The van der Waals surface area contributed by atoms with Gasteiger partial charge < -0.3 is 9.47 Å². The van der Waals surface area contributed by atoms with E-state index in [9.17, 15) is 0 Å². The lowest BCUT2D eigenvalue weighted by Gasteiger charge is -2.16. The molecule has 3 aromatic rings. The third-order valence-electron chi connectivity index (χ3n) is 4.88. The molecule has 0 aliphatic rings. The summed E-state index contributed by atoms with van der Waals surface area (Å²) in [6.07, 6.45) is 0.865. The number of ether oxygens (including phenoxy) is 2. The molecule has 0 radical (unpaired) electrons. The normalized spacial score (nSPS) is 11.0. The van der Waals surface area contributed by atoms with Crippen LogP contribution in [0.25, 0.3) is 22.2 Å². The van der Waals surface area contributed by atoms with Crippen molar-refractivity contribution in [1.82, 2.24) is 4.98 Å². The van der Waals surface area contributed by atoms with Crippen molar-refractivity contribution < 1.29 is 9.47 Å². The summed E-state index contributed by atoms with van der Waals surface area (Å²) in [5.74, 6) is 1.56. The van der Waals surface area contributed by atoms with E-state index < -0.39 is 0 Å². The number of nitrogens with zero attached hydrogens (tertiary/aromatic N) is 1. The van der Waals surface area contributed by atoms with Crippen LogP contribution in [0.5, 0.6) is 11.5 Å². The van der Waals surface area contributed by atoms with E-state index in [4.69, 9.17) is 14.5 Å². The van der Waals surface area contributed by atoms with Crippen molar-refractivity contribution >= 4 is 10.9 Å². The molecule has 130 valence electrons. The topological polar surface area (TPSA) is 31.4 Å². The third kappa shape index (κ3) is 2.95. The fourth-order valence-electron chi connectivity index (χ4n) is 3.35. The molecule has 0 bridgehead atoms. The Kier molecular flexibility index (Phi) is 4.67. The highest BCUT2D eigenvalue weighted by Crippen LogP contribution is 2.39. The molecule has 0 aliphatic carbocycles. The van der Waals surface area contributed by atoms with Crippen LogP contribution in [0, 0.1) is 20.8 Å². The first-order chi connectivity index (χ1) is 12.0. The number of hydrogen-bond donors (Lipinski definition) is 0. The van der Waals surface area contributed by atoms with E-state index in [2.05, 4.69) is 58.0 Å². The highest BCUT2D eigenvalue weighted by atomic mass is 16.5. The second kappa shape index (κ2) is 6.75. The summed E-state index contributed by atoms with van der Waals surface area (Å²) in [5, 5.41) is 0.974. The zero-order valence-electron chi connectivity index (χ0n) is 15.9. The quantitative estimate of drug-likeness (QED) is 0.639. The van der Waals surface area contributed by atoms with Gasteiger partial charge in [0.1, 0.15) is 0 Å². The van der Waals surface area contributed by atoms with Gasteiger partial charge in [-0.15, -0.1) is 0 Å². The molecular weight excluding hydrogens is 310 g/mol. The van der Waals surface area contributed by atoms with Crippen LogP contribution < -0.4 is 9.47 Å². The lowest BCUT2D eigenvalue weighted by Crippen LogP contribution is -1.98. The molecule has 0 amide bonds. The SMILES string of the molecule is CCc1cc2nc(-c3cc(C)c(C)cc3C)ccc2c(OC)c1OC. The number of aryl methyl sites for hydroxylation is 4. The summed E-state index contributed by atoms with van der Waals surface area (Å²) in [5.41, 5.74) is 8.04. The molecule has 1 aromatic heterocycles. The molecule has 0 saturated carbocycles. The van der Waals surface area contributed by atoms with Crippen molar-refractivity contribution in [3.8, 4) is 22.8 Å². The van der Waals surface area contributed by atoms with Crippen LogP contribution in [0.3, 0.4) is 0 Å². The van der Waals surface area contributed by atoms with Gasteiger partial charge in [-0.2, -0.15) is 0 Å². The Bertz CT molecular complexity index is 945. The molecule has 1 heterocycles. The van der Waals surface area contributed by atoms with E-state index in [1.54, 1.807) is 14.2 Å². The molecule has 0 N–H and O–H groups in total. The number of fused-ring (bicyclic) bond motifs is 1. The number of benzene rings is 2. The number of pyridine rings is 1.